The fraction of sp³-hybridized carbons (Fsp3) is 0.522. The summed E-state index contributed by atoms with van der Waals surface area (Å²) in [5.74, 6) is -2.15. The number of fused-ring (bicyclic) bond motifs is 1. The summed E-state index contributed by atoms with van der Waals surface area (Å²) in [6, 6.07) is 5.05. The molecule has 0 bridgehead atoms. The Bertz CT molecular complexity index is 908. The van der Waals surface area contributed by atoms with E-state index in [0.717, 1.165) is 16.5 Å². The van der Waals surface area contributed by atoms with E-state index in [2.05, 4.69) is 15.6 Å². The van der Waals surface area contributed by atoms with Gasteiger partial charge in [0, 0.05) is 17.1 Å². The van der Waals surface area contributed by atoms with Crippen molar-refractivity contribution in [3.05, 3.63) is 36.0 Å². The maximum absolute atomic E-state index is 12.8. The highest BCUT2D eigenvalue weighted by atomic mass is 16.4. The molecule has 6 N–H and O–H groups in total. The number of aromatic amines is 1. The molecule has 2 amide bonds. The van der Waals surface area contributed by atoms with Gasteiger partial charge in [0.1, 0.15) is 12.1 Å². The number of carbonyl (C=O) groups excluding carboxylic acids is 2. The number of carboxylic acid groups (broad SMARTS) is 1. The number of aromatic nitrogens is 1. The van der Waals surface area contributed by atoms with Crippen molar-refractivity contribution < 1.29 is 19.5 Å². The smallest absolute Gasteiger partial charge is 0.326 e. The molecule has 8 nitrogen and oxygen atoms in total. The lowest BCUT2D eigenvalue weighted by Crippen LogP contribution is -2.56. The summed E-state index contributed by atoms with van der Waals surface area (Å²) in [5, 5.41) is 15.8. The molecule has 8 heteroatoms. The number of hydrogen-bond donors (Lipinski definition) is 5. The zero-order valence-corrected chi connectivity index (χ0v) is 18.6. The number of benzene rings is 1. The first-order chi connectivity index (χ1) is 14.6. The Morgan fingerprint density at radius 2 is 1.77 bits per heavy atom. The summed E-state index contributed by atoms with van der Waals surface area (Å²) < 4.78 is 0. The SMILES string of the molecule is CC[C@H](C)[C@H](NC(=O)[C@H](CC(C)C)NC(=O)[C@@H](N)Cc1c[nH]c2ccccc12)C(=O)O. The second kappa shape index (κ2) is 10.9. The molecule has 0 aliphatic heterocycles. The highest BCUT2D eigenvalue weighted by molar-refractivity contribution is 5.92. The van der Waals surface area contributed by atoms with Crippen LogP contribution in [0.15, 0.2) is 30.5 Å². The van der Waals surface area contributed by atoms with Crippen molar-refractivity contribution in [3.63, 3.8) is 0 Å². The minimum absolute atomic E-state index is 0.118. The summed E-state index contributed by atoms with van der Waals surface area (Å²) in [5.41, 5.74) is 8.03. The predicted octanol–water partition coefficient (Wildman–Crippen LogP) is 2.18. The molecular formula is C23H34N4O4. The molecule has 0 aliphatic carbocycles. The van der Waals surface area contributed by atoms with Gasteiger partial charge in [0.05, 0.1) is 6.04 Å². The molecule has 0 aliphatic rings. The van der Waals surface area contributed by atoms with Crippen LogP contribution in [0.25, 0.3) is 10.9 Å². The van der Waals surface area contributed by atoms with Crippen LogP contribution in [0, 0.1) is 11.8 Å². The van der Waals surface area contributed by atoms with Gasteiger partial charge in [-0.15, -0.1) is 0 Å². The average Bonchev–Trinajstić information content (AvgIpc) is 3.13. The topological polar surface area (TPSA) is 137 Å². The molecule has 1 aromatic carbocycles. The number of amides is 2. The summed E-state index contributed by atoms with van der Waals surface area (Å²) in [6.45, 7) is 7.50. The quantitative estimate of drug-likeness (QED) is 0.372. The molecule has 1 aromatic heterocycles. The molecule has 31 heavy (non-hydrogen) atoms. The largest absolute Gasteiger partial charge is 0.480 e. The first-order valence-corrected chi connectivity index (χ1v) is 10.8. The first kappa shape index (κ1) is 24.4. The number of nitrogens with two attached hydrogens (primary N) is 1. The minimum Gasteiger partial charge on any atom is -0.480 e. The van der Waals surface area contributed by atoms with E-state index >= 15 is 0 Å². The van der Waals surface area contributed by atoms with Gasteiger partial charge in [0.15, 0.2) is 0 Å². The Morgan fingerprint density at radius 1 is 1.10 bits per heavy atom. The lowest BCUT2D eigenvalue weighted by Gasteiger charge is -2.26. The zero-order chi connectivity index (χ0) is 23.1. The molecule has 170 valence electrons. The minimum atomic E-state index is -1.09. The van der Waals surface area contributed by atoms with E-state index in [9.17, 15) is 19.5 Å². The van der Waals surface area contributed by atoms with Gasteiger partial charge in [-0.2, -0.15) is 0 Å². The van der Waals surface area contributed by atoms with E-state index in [0.29, 0.717) is 19.3 Å². The predicted molar refractivity (Wildman–Crippen MR) is 120 cm³/mol. The van der Waals surface area contributed by atoms with Gasteiger partial charge < -0.3 is 26.5 Å². The maximum atomic E-state index is 12.8. The van der Waals surface area contributed by atoms with Gasteiger partial charge in [0.25, 0.3) is 0 Å². The van der Waals surface area contributed by atoms with Gasteiger partial charge in [0.2, 0.25) is 11.8 Å². The van der Waals surface area contributed by atoms with Crippen LogP contribution in [0.4, 0.5) is 0 Å². The van der Waals surface area contributed by atoms with E-state index in [1.165, 1.54) is 0 Å². The van der Waals surface area contributed by atoms with Crippen LogP contribution in [0.1, 0.15) is 46.1 Å². The number of carboxylic acids is 1. The molecule has 0 saturated carbocycles. The Kier molecular flexibility index (Phi) is 8.62. The van der Waals surface area contributed by atoms with E-state index in [1.54, 1.807) is 6.92 Å². The van der Waals surface area contributed by atoms with E-state index in [1.807, 2.05) is 51.2 Å². The van der Waals surface area contributed by atoms with E-state index in [4.69, 9.17) is 5.73 Å². The summed E-state index contributed by atoms with van der Waals surface area (Å²) in [6.07, 6.45) is 3.13. The number of aliphatic carboxylic acids is 1. The first-order valence-electron chi connectivity index (χ1n) is 10.8. The second-order valence-electron chi connectivity index (χ2n) is 8.57. The van der Waals surface area contributed by atoms with Crippen molar-refractivity contribution in [1.29, 1.82) is 0 Å². The highest BCUT2D eigenvalue weighted by Gasteiger charge is 2.30. The molecular weight excluding hydrogens is 396 g/mol. The van der Waals surface area contributed by atoms with Crippen LogP contribution in [0.5, 0.6) is 0 Å². The monoisotopic (exact) mass is 430 g/mol. The second-order valence-corrected chi connectivity index (χ2v) is 8.57. The molecule has 2 rings (SSSR count). The van der Waals surface area contributed by atoms with Crippen molar-refractivity contribution in [2.75, 3.05) is 0 Å². The number of H-pyrrole nitrogens is 1. The Balaban J connectivity index is 2.08. The third-order valence-electron chi connectivity index (χ3n) is 5.57. The lowest BCUT2D eigenvalue weighted by atomic mass is 9.97. The van der Waals surface area contributed by atoms with Gasteiger partial charge in [-0.1, -0.05) is 52.3 Å². The molecule has 0 saturated heterocycles. The Labute approximate surface area is 183 Å². The van der Waals surface area contributed by atoms with E-state index < -0.39 is 35.9 Å². The standard InChI is InChI=1S/C23H34N4O4/c1-5-14(4)20(23(30)31)27-22(29)19(10-13(2)3)26-21(28)17(24)11-15-12-25-18-9-7-6-8-16(15)18/h6-9,12-14,17,19-20,25H,5,10-11,24H2,1-4H3,(H,26,28)(H,27,29)(H,30,31)/t14-,17-,19-,20-/m0/s1. The van der Waals surface area contributed by atoms with Gasteiger partial charge in [-0.05, 0) is 36.3 Å². The number of rotatable bonds is 11. The van der Waals surface area contributed by atoms with Gasteiger partial charge >= 0.3 is 5.97 Å². The lowest BCUT2D eigenvalue weighted by molar-refractivity contribution is -0.143. The summed E-state index contributed by atoms with van der Waals surface area (Å²) >= 11 is 0. The summed E-state index contributed by atoms with van der Waals surface area (Å²) in [7, 11) is 0. The van der Waals surface area contributed by atoms with Gasteiger partial charge in [-0.25, -0.2) is 4.79 Å². The van der Waals surface area contributed by atoms with Crippen LogP contribution in [-0.2, 0) is 20.8 Å². The van der Waals surface area contributed by atoms with Crippen molar-refractivity contribution in [2.24, 2.45) is 17.6 Å². The van der Waals surface area contributed by atoms with Crippen molar-refractivity contribution in [1.82, 2.24) is 15.6 Å². The number of carbonyl (C=O) groups is 3. The van der Waals surface area contributed by atoms with Gasteiger partial charge in [-0.3, -0.25) is 9.59 Å². The molecule has 1 heterocycles. The molecule has 0 spiro atoms. The zero-order valence-electron chi connectivity index (χ0n) is 18.6. The van der Waals surface area contributed by atoms with Crippen LogP contribution in [0.2, 0.25) is 0 Å². The Hall–Kier alpha value is -2.87. The fourth-order valence-corrected chi connectivity index (χ4v) is 3.55. The highest BCUT2D eigenvalue weighted by Crippen LogP contribution is 2.19. The molecule has 0 fully saturated rings. The van der Waals surface area contributed by atoms with Crippen molar-refractivity contribution >= 4 is 28.7 Å². The van der Waals surface area contributed by atoms with Crippen LogP contribution in [-0.4, -0.2) is 46.0 Å². The third kappa shape index (κ3) is 6.55. The van der Waals surface area contributed by atoms with Crippen LogP contribution >= 0.6 is 0 Å². The van der Waals surface area contributed by atoms with Crippen LogP contribution < -0.4 is 16.4 Å². The maximum Gasteiger partial charge on any atom is 0.326 e. The van der Waals surface area contributed by atoms with Crippen molar-refractivity contribution in [2.45, 2.75) is 65.1 Å². The number of nitrogens with one attached hydrogen (secondary N) is 3. The number of hydrogen-bond acceptors (Lipinski definition) is 4. The fourth-order valence-electron chi connectivity index (χ4n) is 3.55. The molecule has 0 radical (unpaired) electrons. The molecule has 0 unspecified atom stereocenters. The normalized spacial score (nSPS) is 15.3. The Morgan fingerprint density at radius 3 is 2.39 bits per heavy atom. The number of para-hydroxylation sites is 1. The van der Waals surface area contributed by atoms with Crippen LogP contribution in [0.3, 0.4) is 0 Å². The summed E-state index contributed by atoms with van der Waals surface area (Å²) in [4.78, 5) is 40.3. The molecule has 2 aromatic rings. The van der Waals surface area contributed by atoms with Crippen molar-refractivity contribution in [3.8, 4) is 0 Å². The average molecular weight is 431 g/mol. The third-order valence-corrected chi connectivity index (χ3v) is 5.57. The van der Waals surface area contributed by atoms with E-state index in [-0.39, 0.29) is 11.8 Å². The molecule has 4 atom stereocenters.